The van der Waals surface area contributed by atoms with Crippen LogP contribution in [0.4, 0.5) is 4.39 Å². The van der Waals surface area contributed by atoms with Crippen LogP contribution in [-0.2, 0) is 11.3 Å². The zero-order valence-electron chi connectivity index (χ0n) is 16.7. The Hall–Kier alpha value is -2.60. The molecule has 0 N–H and O–H groups in total. The highest BCUT2D eigenvalue weighted by Crippen LogP contribution is 2.38. The molecule has 2 aromatic rings. The number of amides is 1. The van der Waals surface area contributed by atoms with E-state index in [1.54, 1.807) is 44.4 Å². The molecule has 150 valence electrons. The Labute approximate surface area is 165 Å². The number of likely N-dealkylation sites (N-methyl/N-ethyl adjacent to an activating group) is 1. The van der Waals surface area contributed by atoms with E-state index in [-0.39, 0.29) is 30.9 Å². The zero-order chi connectivity index (χ0) is 20.1. The number of benzene rings is 2. The van der Waals surface area contributed by atoms with Gasteiger partial charge in [0.1, 0.15) is 17.3 Å². The Morgan fingerprint density at radius 2 is 2.00 bits per heavy atom. The van der Waals surface area contributed by atoms with Gasteiger partial charge in [-0.1, -0.05) is 18.2 Å². The Morgan fingerprint density at radius 1 is 1.21 bits per heavy atom. The maximum absolute atomic E-state index is 13.9. The number of rotatable bonds is 7. The van der Waals surface area contributed by atoms with Crippen molar-refractivity contribution in [3.05, 3.63) is 59.4 Å². The number of halogens is 1. The molecule has 0 saturated carbocycles. The predicted octanol–water partition coefficient (Wildman–Crippen LogP) is 3.64. The Morgan fingerprint density at radius 3 is 2.71 bits per heavy atom. The topological polar surface area (TPSA) is 42.0 Å². The standard InChI is InChI=1S/C22H27FN2O3/c1-24(14-16-7-4-5-8-19(16)23)22(26)15-25-12-6-9-20(25)18-13-17(27-2)10-11-21(18)28-3/h4-5,7-8,10-11,13,20H,6,9,12,14-15H2,1-3H3/t20-/m1/s1. The molecule has 2 aromatic carbocycles. The molecule has 28 heavy (non-hydrogen) atoms. The first-order valence-corrected chi connectivity index (χ1v) is 9.46. The van der Waals surface area contributed by atoms with E-state index in [0.717, 1.165) is 36.4 Å². The second kappa shape index (κ2) is 9.06. The van der Waals surface area contributed by atoms with E-state index < -0.39 is 0 Å². The van der Waals surface area contributed by atoms with E-state index in [0.29, 0.717) is 5.56 Å². The highest BCUT2D eigenvalue weighted by atomic mass is 19.1. The van der Waals surface area contributed by atoms with Crippen molar-refractivity contribution < 1.29 is 18.7 Å². The molecule has 1 saturated heterocycles. The summed E-state index contributed by atoms with van der Waals surface area (Å²) in [5, 5.41) is 0. The van der Waals surface area contributed by atoms with Crippen LogP contribution < -0.4 is 9.47 Å². The van der Waals surface area contributed by atoms with Gasteiger partial charge in [0.05, 0.1) is 20.8 Å². The number of nitrogens with zero attached hydrogens (tertiary/aromatic N) is 2. The Bertz CT molecular complexity index is 827. The summed E-state index contributed by atoms with van der Waals surface area (Å²) in [7, 11) is 5.00. The lowest BCUT2D eigenvalue weighted by molar-refractivity contribution is -0.131. The molecule has 0 spiro atoms. The minimum absolute atomic E-state index is 0.0305. The summed E-state index contributed by atoms with van der Waals surface area (Å²) in [6.07, 6.45) is 1.96. The van der Waals surface area contributed by atoms with Gasteiger partial charge in [0.2, 0.25) is 5.91 Å². The average molecular weight is 386 g/mol. The van der Waals surface area contributed by atoms with Gasteiger partial charge in [-0.15, -0.1) is 0 Å². The maximum Gasteiger partial charge on any atom is 0.236 e. The van der Waals surface area contributed by atoms with Crippen LogP contribution in [0.25, 0.3) is 0 Å². The third kappa shape index (κ3) is 4.44. The van der Waals surface area contributed by atoms with Crippen LogP contribution in [0.3, 0.4) is 0 Å². The van der Waals surface area contributed by atoms with E-state index in [9.17, 15) is 9.18 Å². The van der Waals surface area contributed by atoms with Gasteiger partial charge in [0.25, 0.3) is 0 Å². The van der Waals surface area contributed by atoms with Gasteiger partial charge in [0, 0.05) is 30.8 Å². The first-order valence-electron chi connectivity index (χ1n) is 9.46. The number of ether oxygens (including phenoxy) is 2. The maximum atomic E-state index is 13.9. The van der Waals surface area contributed by atoms with E-state index in [4.69, 9.17) is 9.47 Å². The van der Waals surface area contributed by atoms with Gasteiger partial charge in [-0.25, -0.2) is 4.39 Å². The van der Waals surface area contributed by atoms with Crippen LogP contribution >= 0.6 is 0 Å². The Kier molecular flexibility index (Phi) is 6.52. The number of hydrogen-bond acceptors (Lipinski definition) is 4. The number of likely N-dealkylation sites (tertiary alicyclic amines) is 1. The van der Waals surface area contributed by atoms with Crippen molar-refractivity contribution >= 4 is 5.91 Å². The monoisotopic (exact) mass is 386 g/mol. The second-order valence-electron chi connectivity index (χ2n) is 7.08. The van der Waals surface area contributed by atoms with E-state index in [1.807, 2.05) is 18.2 Å². The third-order valence-electron chi connectivity index (χ3n) is 5.29. The first-order chi connectivity index (χ1) is 13.5. The molecule has 1 fully saturated rings. The quantitative estimate of drug-likeness (QED) is 0.729. The van der Waals surface area contributed by atoms with Gasteiger partial charge in [-0.05, 0) is 43.7 Å². The number of carbonyl (C=O) groups excluding carboxylic acids is 1. The lowest BCUT2D eigenvalue weighted by Gasteiger charge is -2.28. The molecule has 0 unspecified atom stereocenters. The molecule has 1 amide bonds. The van der Waals surface area contributed by atoms with E-state index in [1.165, 1.54) is 6.07 Å². The molecular weight excluding hydrogens is 359 g/mol. The third-order valence-corrected chi connectivity index (χ3v) is 5.29. The lowest BCUT2D eigenvalue weighted by atomic mass is 10.0. The summed E-state index contributed by atoms with van der Waals surface area (Å²) < 4.78 is 24.8. The normalized spacial score (nSPS) is 16.8. The Balaban J connectivity index is 1.71. The molecule has 0 bridgehead atoms. The smallest absolute Gasteiger partial charge is 0.236 e. The number of hydrogen-bond donors (Lipinski definition) is 0. The van der Waals surface area contributed by atoms with Crippen LogP contribution in [0, 0.1) is 5.82 Å². The molecule has 1 aliphatic heterocycles. The van der Waals surface area contributed by atoms with Gasteiger partial charge in [0.15, 0.2) is 0 Å². The van der Waals surface area contributed by atoms with E-state index in [2.05, 4.69) is 4.90 Å². The van der Waals surface area contributed by atoms with Crippen molar-refractivity contribution in [1.29, 1.82) is 0 Å². The molecule has 1 aliphatic rings. The lowest BCUT2D eigenvalue weighted by Crippen LogP contribution is -2.38. The zero-order valence-corrected chi connectivity index (χ0v) is 16.7. The van der Waals surface area contributed by atoms with E-state index >= 15 is 0 Å². The molecule has 0 radical (unpaired) electrons. The minimum Gasteiger partial charge on any atom is -0.497 e. The summed E-state index contributed by atoms with van der Waals surface area (Å²) in [6, 6.07) is 12.4. The van der Waals surface area contributed by atoms with Crippen molar-refractivity contribution in [1.82, 2.24) is 9.80 Å². The van der Waals surface area contributed by atoms with Crippen molar-refractivity contribution in [2.75, 3.05) is 34.4 Å². The van der Waals surface area contributed by atoms with Crippen molar-refractivity contribution in [3.63, 3.8) is 0 Å². The summed E-state index contributed by atoms with van der Waals surface area (Å²) in [6.45, 7) is 1.38. The number of methoxy groups -OCH3 is 2. The fraction of sp³-hybridized carbons (Fsp3) is 0.409. The van der Waals surface area contributed by atoms with Gasteiger partial charge >= 0.3 is 0 Å². The predicted molar refractivity (Wildman–Crippen MR) is 106 cm³/mol. The van der Waals surface area contributed by atoms with Gasteiger partial charge < -0.3 is 14.4 Å². The van der Waals surface area contributed by atoms with Gasteiger partial charge in [-0.2, -0.15) is 0 Å². The molecule has 1 atom stereocenters. The summed E-state index contributed by atoms with van der Waals surface area (Å²) in [5.74, 6) is 1.25. The first kappa shape index (κ1) is 20.1. The molecule has 1 heterocycles. The van der Waals surface area contributed by atoms with Gasteiger partial charge in [-0.3, -0.25) is 9.69 Å². The average Bonchev–Trinajstić information content (AvgIpc) is 3.17. The minimum atomic E-state index is -0.290. The van der Waals surface area contributed by atoms with Crippen LogP contribution in [0.2, 0.25) is 0 Å². The molecule has 3 rings (SSSR count). The summed E-state index contributed by atoms with van der Waals surface area (Å²) in [4.78, 5) is 16.5. The fourth-order valence-electron chi connectivity index (χ4n) is 3.73. The highest BCUT2D eigenvalue weighted by molar-refractivity contribution is 5.78. The van der Waals surface area contributed by atoms with Crippen LogP contribution in [0.1, 0.15) is 30.0 Å². The van der Waals surface area contributed by atoms with Crippen molar-refractivity contribution in [2.45, 2.75) is 25.4 Å². The summed E-state index contributed by atoms with van der Waals surface area (Å²) >= 11 is 0. The van der Waals surface area contributed by atoms with Crippen LogP contribution in [-0.4, -0.2) is 50.1 Å². The summed E-state index contributed by atoms with van der Waals surface area (Å²) in [5.41, 5.74) is 1.55. The molecule has 6 heteroatoms. The van der Waals surface area contributed by atoms with Crippen molar-refractivity contribution in [3.8, 4) is 11.5 Å². The second-order valence-corrected chi connectivity index (χ2v) is 7.08. The molecular formula is C22H27FN2O3. The number of carbonyl (C=O) groups is 1. The largest absolute Gasteiger partial charge is 0.497 e. The highest BCUT2D eigenvalue weighted by Gasteiger charge is 2.30. The van der Waals surface area contributed by atoms with Crippen molar-refractivity contribution in [2.24, 2.45) is 0 Å². The SMILES string of the molecule is COc1ccc(OC)c([C@H]2CCCN2CC(=O)N(C)Cc2ccccc2F)c1. The van der Waals surface area contributed by atoms with Crippen LogP contribution in [0.5, 0.6) is 11.5 Å². The van der Waals surface area contributed by atoms with Crippen LogP contribution in [0.15, 0.2) is 42.5 Å². The molecule has 5 nitrogen and oxygen atoms in total. The molecule has 0 aliphatic carbocycles. The fourth-order valence-corrected chi connectivity index (χ4v) is 3.73. The molecule has 0 aromatic heterocycles.